The van der Waals surface area contributed by atoms with Gasteiger partial charge in [0.05, 0.1) is 0 Å². The molecule has 18 heavy (non-hydrogen) atoms. The van der Waals surface area contributed by atoms with E-state index < -0.39 is 0 Å². The fourth-order valence-electron chi connectivity index (χ4n) is 2.95. The Kier molecular flexibility index (Phi) is 5.71. The maximum Gasteiger partial charge on any atom is 0.0440 e. The lowest BCUT2D eigenvalue weighted by Gasteiger charge is -2.29. The van der Waals surface area contributed by atoms with Gasteiger partial charge in [0, 0.05) is 17.0 Å². The van der Waals surface area contributed by atoms with Crippen LogP contribution in [0.1, 0.15) is 69.7 Å². The highest BCUT2D eigenvalue weighted by atomic mass is 32.1. The number of rotatable bonds is 4. The van der Waals surface area contributed by atoms with Crippen LogP contribution in [0.25, 0.3) is 0 Å². The van der Waals surface area contributed by atoms with Crippen molar-refractivity contribution in [3.8, 4) is 0 Å². The number of hydrogen-bond acceptors (Lipinski definition) is 2. The van der Waals surface area contributed by atoms with E-state index in [1.807, 2.05) is 11.3 Å². The molecule has 1 unspecified atom stereocenters. The Bertz CT molecular complexity index is 310. The lowest BCUT2D eigenvalue weighted by Crippen LogP contribution is -2.35. The fourth-order valence-corrected chi connectivity index (χ4v) is 3.91. The van der Waals surface area contributed by atoms with Gasteiger partial charge in [-0.1, -0.05) is 52.0 Å². The van der Waals surface area contributed by atoms with Gasteiger partial charge in [-0.15, -0.1) is 11.3 Å². The molecule has 1 aliphatic rings. The van der Waals surface area contributed by atoms with Gasteiger partial charge in [-0.3, -0.25) is 0 Å². The monoisotopic (exact) mass is 265 g/mol. The van der Waals surface area contributed by atoms with Gasteiger partial charge in [0.25, 0.3) is 0 Å². The molecule has 0 aromatic carbocycles. The summed E-state index contributed by atoms with van der Waals surface area (Å²) in [7, 11) is 0. The lowest BCUT2D eigenvalue weighted by molar-refractivity contribution is 0.315. The first kappa shape index (κ1) is 14.1. The van der Waals surface area contributed by atoms with E-state index in [1.165, 1.54) is 49.8 Å². The van der Waals surface area contributed by atoms with Crippen molar-refractivity contribution in [3.05, 3.63) is 22.4 Å². The molecule has 1 N–H and O–H groups in total. The molecule has 0 saturated heterocycles. The first-order valence-corrected chi connectivity index (χ1v) is 8.45. The van der Waals surface area contributed by atoms with Gasteiger partial charge in [-0.25, -0.2) is 0 Å². The lowest BCUT2D eigenvalue weighted by atomic mass is 9.94. The van der Waals surface area contributed by atoms with E-state index in [2.05, 4.69) is 36.7 Å². The second kappa shape index (κ2) is 7.30. The van der Waals surface area contributed by atoms with E-state index >= 15 is 0 Å². The SMILES string of the molecule is CC(C)C(NC1CCCCCCC1)c1cccs1. The van der Waals surface area contributed by atoms with E-state index in [1.54, 1.807) is 0 Å². The minimum absolute atomic E-state index is 0.550. The number of nitrogens with one attached hydrogen (secondary N) is 1. The fraction of sp³-hybridized carbons (Fsp3) is 0.750. The summed E-state index contributed by atoms with van der Waals surface area (Å²) in [6, 6.07) is 5.75. The normalized spacial score (nSPS) is 20.6. The second-order valence-corrected chi connectivity index (χ2v) is 6.93. The van der Waals surface area contributed by atoms with Crippen LogP contribution in [-0.2, 0) is 0 Å². The molecule has 1 heterocycles. The highest BCUT2D eigenvalue weighted by Crippen LogP contribution is 2.28. The molecule has 1 fully saturated rings. The van der Waals surface area contributed by atoms with E-state index in [4.69, 9.17) is 0 Å². The Labute approximate surface area is 116 Å². The highest BCUT2D eigenvalue weighted by molar-refractivity contribution is 7.10. The third kappa shape index (κ3) is 4.10. The van der Waals surface area contributed by atoms with Crippen molar-refractivity contribution in [1.82, 2.24) is 5.32 Å². The predicted molar refractivity (Wildman–Crippen MR) is 81.1 cm³/mol. The molecule has 1 aliphatic carbocycles. The molecular weight excluding hydrogens is 238 g/mol. The summed E-state index contributed by atoms with van der Waals surface area (Å²) in [5.74, 6) is 0.675. The van der Waals surface area contributed by atoms with Crippen LogP contribution in [0.15, 0.2) is 17.5 Å². The molecule has 1 nitrogen and oxygen atoms in total. The second-order valence-electron chi connectivity index (χ2n) is 5.95. The molecular formula is C16H27NS. The van der Waals surface area contributed by atoms with Gasteiger partial charge in [-0.05, 0) is 30.2 Å². The zero-order chi connectivity index (χ0) is 12.8. The number of hydrogen-bond donors (Lipinski definition) is 1. The smallest absolute Gasteiger partial charge is 0.0440 e. The van der Waals surface area contributed by atoms with Gasteiger partial charge < -0.3 is 5.32 Å². The van der Waals surface area contributed by atoms with Crippen molar-refractivity contribution < 1.29 is 0 Å². The first-order chi connectivity index (χ1) is 8.77. The maximum absolute atomic E-state index is 3.94. The van der Waals surface area contributed by atoms with Crippen LogP contribution in [0.4, 0.5) is 0 Å². The molecule has 0 aliphatic heterocycles. The Morgan fingerprint density at radius 1 is 1.11 bits per heavy atom. The molecule has 1 atom stereocenters. The molecule has 0 amide bonds. The van der Waals surface area contributed by atoms with E-state index in [0.29, 0.717) is 12.0 Å². The summed E-state index contributed by atoms with van der Waals surface area (Å²) in [5.41, 5.74) is 0. The average molecular weight is 265 g/mol. The Hall–Kier alpha value is -0.340. The largest absolute Gasteiger partial charge is 0.306 e. The highest BCUT2D eigenvalue weighted by Gasteiger charge is 2.21. The first-order valence-electron chi connectivity index (χ1n) is 7.57. The van der Waals surface area contributed by atoms with Gasteiger partial charge in [0.2, 0.25) is 0 Å². The minimum Gasteiger partial charge on any atom is -0.306 e. The molecule has 1 aromatic rings. The Morgan fingerprint density at radius 3 is 2.33 bits per heavy atom. The van der Waals surface area contributed by atoms with Crippen LogP contribution in [0, 0.1) is 5.92 Å². The average Bonchev–Trinajstić information content (AvgIpc) is 2.80. The minimum atomic E-state index is 0.550. The molecule has 2 heteroatoms. The third-order valence-electron chi connectivity index (χ3n) is 4.04. The Balaban J connectivity index is 1.95. The summed E-state index contributed by atoms with van der Waals surface area (Å²) in [6.07, 6.45) is 9.88. The summed E-state index contributed by atoms with van der Waals surface area (Å²) >= 11 is 1.89. The van der Waals surface area contributed by atoms with E-state index in [0.717, 1.165) is 6.04 Å². The van der Waals surface area contributed by atoms with Crippen molar-refractivity contribution in [3.63, 3.8) is 0 Å². The van der Waals surface area contributed by atoms with Crippen LogP contribution in [0.3, 0.4) is 0 Å². The molecule has 1 aromatic heterocycles. The third-order valence-corrected chi connectivity index (χ3v) is 4.99. The van der Waals surface area contributed by atoms with Crippen molar-refractivity contribution in [2.75, 3.05) is 0 Å². The van der Waals surface area contributed by atoms with Gasteiger partial charge in [0.1, 0.15) is 0 Å². The van der Waals surface area contributed by atoms with Crippen LogP contribution in [-0.4, -0.2) is 6.04 Å². The summed E-state index contributed by atoms with van der Waals surface area (Å²) in [6.45, 7) is 4.67. The zero-order valence-corrected chi connectivity index (χ0v) is 12.6. The molecule has 0 radical (unpaired) electrons. The topological polar surface area (TPSA) is 12.0 Å². The van der Waals surface area contributed by atoms with Crippen LogP contribution in [0.5, 0.6) is 0 Å². The molecule has 1 saturated carbocycles. The van der Waals surface area contributed by atoms with Gasteiger partial charge in [-0.2, -0.15) is 0 Å². The van der Waals surface area contributed by atoms with Crippen molar-refractivity contribution >= 4 is 11.3 Å². The van der Waals surface area contributed by atoms with Crippen molar-refractivity contribution in [2.45, 2.75) is 70.9 Å². The molecule has 2 rings (SSSR count). The van der Waals surface area contributed by atoms with Gasteiger partial charge in [0.15, 0.2) is 0 Å². The Morgan fingerprint density at radius 2 is 1.78 bits per heavy atom. The maximum atomic E-state index is 3.94. The predicted octanol–water partition coefficient (Wildman–Crippen LogP) is 5.15. The number of thiophene rings is 1. The van der Waals surface area contributed by atoms with E-state index in [9.17, 15) is 0 Å². The summed E-state index contributed by atoms with van der Waals surface area (Å²) < 4.78 is 0. The molecule has 102 valence electrons. The molecule has 0 bridgehead atoms. The van der Waals surface area contributed by atoms with Crippen LogP contribution < -0.4 is 5.32 Å². The van der Waals surface area contributed by atoms with Crippen molar-refractivity contribution in [1.29, 1.82) is 0 Å². The summed E-state index contributed by atoms with van der Waals surface area (Å²) in [5, 5.41) is 6.13. The standard InChI is InChI=1S/C16H27NS/c1-13(2)16(15-11-8-12-18-15)17-14-9-6-4-3-5-7-10-14/h8,11-14,16-17H,3-7,9-10H2,1-2H3. The zero-order valence-electron chi connectivity index (χ0n) is 11.8. The van der Waals surface area contributed by atoms with Crippen molar-refractivity contribution in [2.24, 2.45) is 5.92 Å². The van der Waals surface area contributed by atoms with Gasteiger partial charge >= 0.3 is 0 Å². The summed E-state index contributed by atoms with van der Waals surface area (Å²) in [4.78, 5) is 1.51. The molecule has 0 spiro atoms. The van der Waals surface area contributed by atoms with Crippen LogP contribution >= 0.6 is 11.3 Å². The quantitative estimate of drug-likeness (QED) is 0.794. The van der Waals surface area contributed by atoms with Crippen LogP contribution in [0.2, 0.25) is 0 Å². The van der Waals surface area contributed by atoms with E-state index in [-0.39, 0.29) is 0 Å².